The summed E-state index contributed by atoms with van der Waals surface area (Å²) in [4.78, 5) is 138. The molecule has 3 fully saturated rings. The van der Waals surface area contributed by atoms with Crippen LogP contribution >= 0.6 is 0 Å². The number of nitrogens with one attached hydrogen (secondary N) is 3. The van der Waals surface area contributed by atoms with Crippen molar-refractivity contribution in [1.82, 2.24) is 40.4 Å². The first-order chi connectivity index (χ1) is 33.4. The van der Waals surface area contributed by atoms with Gasteiger partial charge < -0.3 is 50.3 Å². The van der Waals surface area contributed by atoms with Crippen LogP contribution in [0.15, 0.2) is 0 Å². The van der Waals surface area contributed by atoms with Crippen LogP contribution in [0.5, 0.6) is 0 Å². The number of rotatable bonds is 10. The number of carbonyl (C=O) groups excluding carboxylic acids is 9. The molecular formula is C53H92N8O11. The molecule has 0 aromatic rings. The number of esters is 1. The van der Waals surface area contributed by atoms with Gasteiger partial charge in [0, 0.05) is 40.7 Å². The van der Waals surface area contributed by atoms with E-state index in [0.717, 1.165) is 24.2 Å². The number of likely N-dealkylation sites (N-methyl/N-ethyl adjacent to an activating group) is 4. The van der Waals surface area contributed by atoms with Crippen molar-refractivity contribution in [2.45, 2.75) is 214 Å². The smallest absolute Gasteiger partial charge is 0.332 e. The SMILES string of the molecule is CC[C@H](C)[C@@H]1NC(=O)[C@@H]2CCCN2C(=O)[C@@H](C)N(C)C(=O)C(C2CCCCC2)NC(=O)[C@H](C(C)C)N(C)C(=O)[C@@H]([C@@H](C)CC)OC(=O)[C@H](C(C)(C)O)N(C)C(=O)[C@H](CC(C)C)NC(=O)[C@H](C(C)C)N(C)C1=O. The third kappa shape index (κ3) is 14.7. The molecule has 0 aromatic carbocycles. The molecule has 0 radical (unpaired) electrons. The number of ether oxygens (including phenoxy) is 1. The predicted octanol–water partition coefficient (Wildman–Crippen LogP) is 3.49. The molecule has 1 aliphatic carbocycles. The molecule has 3 rings (SSSR count). The van der Waals surface area contributed by atoms with Crippen LogP contribution in [-0.2, 0) is 47.9 Å². The van der Waals surface area contributed by atoms with Crippen molar-refractivity contribution in [3.63, 3.8) is 0 Å². The first-order valence-corrected chi connectivity index (χ1v) is 26.7. The maximum Gasteiger partial charge on any atom is 0.332 e. The summed E-state index contributed by atoms with van der Waals surface area (Å²) in [5, 5.41) is 20.4. The van der Waals surface area contributed by atoms with E-state index in [1.165, 1.54) is 61.6 Å². The Morgan fingerprint density at radius 3 is 1.64 bits per heavy atom. The lowest BCUT2D eigenvalue weighted by Crippen LogP contribution is -2.63. The largest absolute Gasteiger partial charge is 0.450 e. The summed E-state index contributed by atoms with van der Waals surface area (Å²) in [7, 11) is 5.71. The average Bonchev–Trinajstić information content (AvgIpc) is 3.81. The maximum atomic E-state index is 14.8. The highest BCUT2D eigenvalue weighted by Crippen LogP contribution is 2.30. The Morgan fingerprint density at radius 2 is 1.14 bits per heavy atom. The minimum atomic E-state index is -1.95. The fourth-order valence-electron chi connectivity index (χ4n) is 10.7. The summed E-state index contributed by atoms with van der Waals surface area (Å²) in [6.07, 6.45) is 4.14. The van der Waals surface area contributed by atoms with Crippen LogP contribution in [0.1, 0.15) is 154 Å². The van der Waals surface area contributed by atoms with Gasteiger partial charge in [0.05, 0.1) is 5.60 Å². The van der Waals surface area contributed by atoms with Crippen LogP contribution in [0.3, 0.4) is 0 Å². The number of hydrogen-bond acceptors (Lipinski definition) is 11. The van der Waals surface area contributed by atoms with Gasteiger partial charge in [0.25, 0.3) is 5.91 Å². The van der Waals surface area contributed by atoms with E-state index in [4.69, 9.17) is 4.74 Å². The molecule has 0 spiro atoms. The topological polar surface area (TPSA) is 235 Å². The number of nitrogens with zero attached hydrogens (tertiary/aromatic N) is 5. The molecular weight excluding hydrogens is 925 g/mol. The van der Waals surface area contributed by atoms with Gasteiger partial charge in [-0.3, -0.25) is 38.4 Å². The maximum absolute atomic E-state index is 14.8. The van der Waals surface area contributed by atoms with Crippen LogP contribution < -0.4 is 16.0 Å². The zero-order chi connectivity index (χ0) is 54.8. The third-order valence-corrected chi connectivity index (χ3v) is 15.5. The fourth-order valence-corrected chi connectivity index (χ4v) is 10.7. The second kappa shape index (κ2) is 26.4. The number of amides is 8. The van der Waals surface area contributed by atoms with Crippen molar-refractivity contribution in [2.24, 2.45) is 35.5 Å². The van der Waals surface area contributed by atoms with Crippen molar-refractivity contribution in [1.29, 1.82) is 0 Å². The summed E-state index contributed by atoms with van der Waals surface area (Å²) < 4.78 is 6.06. The zero-order valence-electron chi connectivity index (χ0n) is 46.7. The minimum Gasteiger partial charge on any atom is -0.450 e. The summed E-state index contributed by atoms with van der Waals surface area (Å²) in [5.74, 6) is -8.39. The van der Waals surface area contributed by atoms with E-state index in [1.54, 1.807) is 48.5 Å². The lowest BCUT2D eigenvalue weighted by Gasteiger charge is -2.40. The molecule has 1 saturated carbocycles. The Kier molecular flexibility index (Phi) is 22.6. The van der Waals surface area contributed by atoms with Gasteiger partial charge in [-0.2, -0.15) is 0 Å². The van der Waals surface area contributed by atoms with Crippen LogP contribution in [0, 0.1) is 35.5 Å². The highest BCUT2D eigenvalue weighted by atomic mass is 16.6. The molecule has 72 heavy (non-hydrogen) atoms. The number of carbonyl (C=O) groups is 9. The Hall–Kier alpha value is -4.81. The molecule has 2 heterocycles. The van der Waals surface area contributed by atoms with Crippen molar-refractivity contribution in [2.75, 3.05) is 34.7 Å². The van der Waals surface area contributed by atoms with Crippen molar-refractivity contribution in [3.8, 4) is 0 Å². The highest BCUT2D eigenvalue weighted by Gasteiger charge is 2.48. The summed E-state index contributed by atoms with van der Waals surface area (Å²) >= 11 is 0. The second-order valence-corrected chi connectivity index (χ2v) is 22.8. The Bertz CT molecular complexity index is 1930. The van der Waals surface area contributed by atoms with Gasteiger partial charge in [-0.25, -0.2) is 4.79 Å². The fraction of sp³-hybridized carbons (Fsp3) is 0.830. The molecule has 0 aromatic heterocycles. The monoisotopic (exact) mass is 1020 g/mol. The molecule has 8 amide bonds. The quantitative estimate of drug-likeness (QED) is 0.231. The molecule has 2 saturated heterocycles. The Labute approximate surface area is 430 Å². The summed E-state index contributed by atoms with van der Waals surface area (Å²) in [6.45, 7) is 22.4. The van der Waals surface area contributed by atoms with E-state index in [2.05, 4.69) is 16.0 Å². The lowest BCUT2D eigenvalue weighted by molar-refractivity contribution is -0.177. The van der Waals surface area contributed by atoms with Crippen LogP contribution in [-0.4, -0.2) is 178 Å². The number of hydrogen-bond donors (Lipinski definition) is 4. The van der Waals surface area contributed by atoms with Gasteiger partial charge in [-0.15, -0.1) is 0 Å². The van der Waals surface area contributed by atoms with E-state index < -0.39 is 137 Å². The Morgan fingerprint density at radius 1 is 0.611 bits per heavy atom. The van der Waals surface area contributed by atoms with E-state index in [0.29, 0.717) is 38.5 Å². The first-order valence-electron chi connectivity index (χ1n) is 26.7. The minimum absolute atomic E-state index is 0.103. The van der Waals surface area contributed by atoms with Crippen LogP contribution in [0.2, 0.25) is 0 Å². The number of cyclic esters (lactones) is 1. The molecule has 2 aliphatic heterocycles. The van der Waals surface area contributed by atoms with Crippen LogP contribution in [0.4, 0.5) is 0 Å². The molecule has 1 unspecified atom stereocenters. The van der Waals surface area contributed by atoms with Crippen molar-refractivity contribution in [3.05, 3.63) is 0 Å². The predicted molar refractivity (Wildman–Crippen MR) is 273 cm³/mol. The average molecular weight is 1020 g/mol. The standard InChI is InChI=1S/C53H92N8O11/c1-18-32(9)38-49(67)58(15)40(30(5)6)45(63)54-36(28-29(3)4)48(66)60(17)43(53(12,13)71)52(70)72-42(33(10)19-2)51(69)59(16)41(31(7)8)46(64)56-39(35-24-21-20-22-25-35)50(68)57(14)34(11)47(65)61-27-23-26-37(61)44(62)55-38/h29-43,71H,18-28H2,1-17H3,(H,54,63)(H,55,62)(H,56,64)/t32-,33-,34+,36-,37-,38-,39?,40-,41-,42+,43+/m0/s1. The zero-order valence-corrected chi connectivity index (χ0v) is 46.7. The lowest BCUT2D eigenvalue weighted by atomic mass is 9.83. The normalized spacial score (nSPS) is 29.6. The van der Waals surface area contributed by atoms with Gasteiger partial charge in [0.2, 0.25) is 41.4 Å². The highest BCUT2D eigenvalue weighted by molar-refractivity contribution is 5.99. The van der Waals surface area contributed by atoms with E-state index in [9.17, 15) is 48.3 Å². The molecule has 3 aliphatic rings. The molecule has 410 valence electrons. The number of aliphatic hydroxyl groups is 1. The number of fused-ring (bicyclic) bond motifs is 1. The third-order valence-electron chi connectivity index (χ3n) is 15.5. The van der Waals surface area contributed by atoms with Crippen molar-refractivity contribution >= 4 is 53.2 Å². The first kappa shape index (κ1) is 61.5. The summed E-state index contributed by atoms with van der Waals surface area (Å²) in [5.41, 5.74) is -1.95. The summed E-state index contributed by atoms with van der Waals surface area (Å²) in [6, 6.07) is -9.45. The van der Waals surface area contributed by atoms with Gasteiger partial charge in [0.1, 0.15) is 42.3 Å². The van der Waals surface area contributed by atoms with Crippen molar-refractivity contribution < 1.29 is 53.0 Å². The molecule has 11 atom stereocenters. The molecule has 19 heteroatoms. The van der Waals surface area contributed by atoms with Gasteiger partial charge >= 0.3 is 5.97 Å². The van der Waals surface area contributed by atoms with Gasteiger partial charge in [0.15, 0.2) is 12.1 Å². The second-order valence-electron chi connectivity index (χ2n) is 22.8. The molecule has 19 nitrogen and oxygen atoms in total. The van der Waals surface area contributed by atoms with E-state index in [-0.39, 0.29) is 24.8 Å². The Balaban J connectivity index is 2.29. The molecule has 4 N–H and O–H groups in total. The van der Waals surface area contributed by atoms with E-state index in [1.807, 2.05) is 27.7 Å². The van der Waals surface area contributed by atoms with Crippen LogP contribution in [0.25, 0.3) is 0 Å². The van der Waals surface area contributed by atoms with E-state index >= 15 is 0 Å². The van der Waals surface area contributed by atoms with Gasteiger partial charge in [-0.1, -0.05) is 94.9 Å². The van der Waals surface area contributed by atoms with Gasteiger partial charge in [-0.05, 0) is 88.9 Å². The molecule has 0 bridgehead atoms.